The van der Waals surface area contributed by atoms with Crippen molar-refractivity contribution < 1.29 is 17.9 Å². The molecule has 0 aliphatic carbocycles. The highest BCUT2D eigenvalue weighted by Crippen LogP contribution is 2.27. The van der Waals surface area contributed by atoms with Gasteiger partial charge in [-0.25, -0.2) is 4.98 Å². The monoisotopic (exact) mass is 193 g/mol. The van der Waals surface area contributed by atoms with Crippen LogP contribution in [0.1, 0.15) is 0 Å². The maximum absolute atomic E-state index is 11.7. The van der Waals surface area contributed by atoms with E-state index in [4.69, 9.17) is 11.5 Å². The minimum Gasteiger partial charge on any atom is -0.402 e. The SMILES string of the molecule is Nc1ccc(OC(F)(F)F)c(N)n1. The lowest BCUT2D eigenvalue weighted by Crippen LogP contribution is -2.18. The summed E-state index contributed by atoms with van der Waals surface area (Å²) in [5.74, 6) is -0.911. The van der Waals surface area contributed by atoms with E-state index in [0.29, 0.717) is 0 Å². The van der Waals surface area contributed by atoms with Crippen molar-refractivity contribution in [1.29, 1.82) is 0 Å². The standard InChI is InChI=1S/C6H6F3N3O/c7-6(8,9)13-3-1-2-4(10)12-5(3)11/h1-2H,(H4,10,11,12). The quantitative estimate of drug-likeness (QED) is 0.701. The fourth-order valence-electron chi connectivity index (χ4n) is 0.689. The van der Waals surface area contributed by atoms with E-state index >= 15 is 0 Å². The van der Waals surface area contributed by atoms with E-state index < -0.39 is 17.9 Å². The molecule has 0 unspecified atom stereocenters. The Hall–Kier alpha value is -1.66. The van der Waals surface area contributed by atoms with Crippen molar-refractivity contribution in [3.05, 3.63) is 12.1 Å². The number of halogens is 3. The molecule has 1 aromatic heterocycles. The third-order valence-corrected chi connectivity index (χ3v) is 1.13. The molecule has 0 aliphatic rings. The molecule has 0 aromatic carbocycles. The second-order valence-corrected chi connectivity index (χ2v) is 2.17. The number of hydrogen-bond donors (Lipinski definition) is 2. The van der Waals surface area contributed by atoms with Crippen LogP contribution in [-0.4, -0.2) is 11.3 Å². The van der Waals surface area contributed by atoms with E-state index in [1.54, 1.807) is 0 Å². The molecule has 0 saturated carbocycles. The summed E-state index contributed by atoms with van der Waals surface area (Å²) in [7, 11) is 0. The summed E-state index contributed by atoms with van der Waals surface area (Å²) in [4.78, 5) is 3.39. The van der Waals surface area contributed by atoms with E-state index in [1.807, 2.05) is 0 Å². The fourth-order valence-corrected chi connectivity index (χ4v) is 0.689. The number of nitrogens with zero attached hydrogens (tertiary/aromatic N) is 1. The van der Waals surface area contributed by atoms with Gasteiger partial charge in [0.25, 0.3) is 0 Å². The molecule has 0 bridgehead atoms. The van der Waals surface area contributed by atoms with Gasteiger partial charge in [0.15, 0.2) is 11.6 Å². The number of hydrogen-bond acceptors (Lipinski definition) is 4. The van der Waals surface area contributed by atoms with E-state index in [0.717, 1.165) is 12.1 Å². The summed E-state index contributed by atoms with van der Waals surface area (Å²) in [6.45, 7) is 0. The van der Waals surface area contributed by atoms with Gasteiger partial charge < -0.3 is 16.2 Å². The third-order valence-electron chi connectivity index (χ3n) is 1.13. The number of ether oxygens (including phenoxy) is 1. The Balaban J connectivity index is 2.90. The van der Waals surface area contributed by atoms with E-state index in [1.165, 1.54) is 0 Å². The Kier molecular flexibility index (Phi) is 2.18. The summed E-state index contributed by atoms with van der Waals surface area (Å²) in [6, 6.07) is 2.17. The molecule has 4 N–H and O–H groups in total. The molecule has 1 rings (SSSR count). The van der Waals surface area contributed by atoms with Crippen LogP contribution in [0.5, 0.6) is 5.75 Å². The molecule has 0 saturated heterocycles. The molecule has 1 aromatic rings. The number of alkyl halides is 3. The van der Waals surface area contributed by atoms with Gasteiger partial charge in [-0.05, 0) is 12.1 Å². The number of rotatable bonds is 1. The first-order valence-electron chi connectivity index (χ1n) is 3.16. The number of aromatic nitrogens is 1. The summed E-state index contributed by atoms with van der Waals surface area (Å²) < 4.78 is 38.6. The van der Waals surface area contributed by atoms with Crippen molar-refractivity contribution in [2.24, 2.45) is 0 Å². The minimum absolute atomic E-state index is 0.0343. The predicted molar refractivity (Wildman–Crippen MR) is 39.7 cm³/mol. The molecule has 4 nitrogen and oxygen atoms in total. The topological polar surface area (TPSA) is 74.2 Å². The number of nitrogens with two attached hydrogens (primary N) is 2. The Bertz CT molecular complexity index is 312. The van der Waals surface area contributed by atoms with Crippen molar-refractivity contribution in [1.82, 2.24) is 4.98 Å². The third kappa shape index (κ3) is 2.69. The van der Waals surface area contributed by atoms with Crippen LogP contribution in [-0.2, 0) is 0 Å². The molecule has 7 heteroatoms. The molecule has 72 valence electrons. The molecule has 0 atom stereocenters. The Morgan fingerprint density at radius 3 is 2.31 bits per heavy atom. The van der Waals surface area contributed by atoms with Crippen LogP contribution >= 0.6 is 0 Å². The molecule has 0 spiro atoms. The second kappa shape index (κ2) is 3.00. The highest BCUT2D eigenvalue weighted by Gasteiger charge is 2.32. The molecule has 0 aliphatic heterocycles. The van der Waals surface area contributed by atoms with Crippen LogP contribution in [0.15, 0.2) is 12.1 Å². The maximum Gasteiger partial charge on any atom is 0.573 e. The average Bonchev–Trinajstić information content (AvgIpc) is 1.93. The van der Waals surface area contributed by atoms with Crippen molar-refractivity contribution in [2.45, 2.75) is 6.36 Å². The van der Waals surface area contributed by atoms with E-state index in [-0.39, 0.29) is 5.82 Å². The van der Waals surface area contributed by atoms with Crippen LogP contribution in [0.4, 0.5) is 24.8 Å². The van der Waals surface area contributed by atoms with Gasteiger partial charge in [0.1, 0.15) is 5.82 Å². The molecule has 1 heterocycles. The number of pyridine rings is 1. The molecular formula is C6H6F3N3O. The van der Waals surface area contributed by atoms with Crippen molar-refractivity contribution in [3.8, 4) is 5.75 Å². The Labute approximate surface area is 71.3 Å². The van der Waals surface area contributed by atoms with Gasteiger partial charge >= 0.3 is 6.36 Å². The molecule has 0 amide bonds. The minimum atomic E-state index is -4.77. The van der Waals surface area contributed by atoms with Crippen molar-refractivity contribution in [2.75, 3.05) is 11.5 Å². The van der Waals surface area contributed by atoms with Gasteiger partial charge in [0.05, 0.1) is 0 Å². The summed E-state index contributed by atoms with van der Waals surface area (Å²) >= 11 is 0. The lowest BCUT2D eigenvalue weighted by Gasteiger charge is -2.09. The Morgan fingerprint density at radius 2 is 1.85 bits per heavy atom. The Morgan fingerprint density at radius 1 is 1.23 bits per heavy atom. The van der Waals surface area contributed by atoms with Gasteiger partial charge in [-0.2, -0.15) is 0 Å². The first-order chi connectivity index (χ1) is 5.88. The number of anilines is 2. The van der Waals surface area contributed by atoms with Gasteiger partial charge in [-0.3, -0.25) is 0 Å². The highest BCUT2D eigenvalue weighted by atomic mass is 19.4. The maximum atomic E-state index is 11.7. The van der Waals surface area contributed by atoms with Gasteiger partial charge in [-0.15, -0.1) is 13.2 Å². The zero-order valence-electron chi connectivity index (χ0n) is 6.30. The zero-order chi connectivity index (χ0) is 10.1. The smallest absolute Gasteiger partial charge is 0.402 e. The van der Waals surface area contributed by atoms with Crippen LogP contribution in [0.25, 0.3) is 0 Å². The normalized spacial score (nSPS) is 11.3. The van der Waals surface area contributed by atoms with Crippen molar-refractivity contribution >= 4 is 11.6 Å². The van der Waals surface area contributed by atoms with E-state index in [2.05, 4.69) is 9.72 Å². The molecule has 13 heavy (non-hydrogen) atoms. The fraction of sp³-hybridized carbons (Fsp3) is 0.167. The summed E-state index contributed by atoms with van der Waals surface area (Å²) in [6.07, 6.45) is -4.77. The summed E-state index contributed by atoms with van der Waals surface area (Å²) in [5.41, 5.74) is 10.3. The largest absolute Gasteiger partial charge is 0.573 e. The summed E-state index contributed by atoms with van der Waals surface area (Å²) in [5, 5.41) is 0. The predicted octanol–water partition coefficient (Wildman–Crippen LogP) is 1.14. The molecule has 0 fully saturated rings. The first-order valence-corrected chi connectivity index (χ1v) is 3.16. The van der Waals surface area contributed by atoms with Gasteiger partial charge in [-0.1, -0.05) is 0 Å². The number of nitrogen functional groups attached to an aromatic ring is 2. The van der Waals surface area contributed by atoms with Crippen LogP contribution in [0.3, 0.4) is 0 Å². The first kappa shape index (κ1) is 9.43. The van der Waals surface area contributed by atoms with Crippen LogP contribution < -0.4 is 16.2 Å². The molecule has 0 radical (unpaired) electrons. The van der Waals surface area contributed by atoms with Gasteiger partial charge in [0, 0.05) is 0 Å². The second-order valence-electron chi connectivity index (χ2n) is 2.17. The van der Waals surface area contributed by atoms with Crippen molar-refractivity contribution in [3.63, 3.8) is 0 Å². The van der Waals surface area contributed by atoms with Gasteiger partial charge in [0.2, 0.25) is 0 Å². The lowest BCUT2D eigenvalue weighted by atomic mass is 10.4. The highest BCUT2D eigenvalue weighted by molar-refractivity contribution is 5.50. The van der Waals surface area contributed by atoms with Crippen LogP contribution in [0.2, 0.25) is 0 Å². The lowest BCUT2D eigenvalue weighted by molar-refractivity contribution is -0.274. The van der Waals surface area contributed by atoms with E-state index in [9.17, 15) is 13.2 Å². The molecular weight excluding hydrogens is 187 g/mol. The average molecular weight is 193 g/mol. The van der Waals surface area contributed by atoms with Crippen LogP contribution in [0, 0.1) is 0 Å². The zero-order valence-corrected chi connectivity index (χ0v) is 6.30.